The maximum atomic E-state index is 5.49. The van der Waals surface area contributed by atoms with E-state index >= 15 is 0 Å². The molecule has 0 amide bonds. The third kappa shape index (κ3) is 3.50. The Hall–Kier alpha value is -0.830. The average molecular weight is 197 g/mol. The summed E-state index contributed by atoms with van der Waals surface area (Å²) in [6, 6.07) is 0. The Morgan fingerprint density at radius 3 is 2.93 bits per heavy atom. The summed E-state index contributed by atoms with van der Waals surface area (Å²) >= 11 is 0. The van der Waals surface area contributed by atoms with Crippen LogP contribution in [-0.2, 0) is 17.9 Å². The molecular formula is C11H21N2O+. The predicted octanol–water partition coefficient (Wildman–Crippen LogP) is 2.03. The fourth-order valence-corrected chi connectivity index (χ4v) is 1.38. The standard InChI is InChI=1S/C11H20N2O/c1-3-5-6-11-12-7-8-13(11)10-14-9-4-2/h7-8H,3-6,9-10H2,1-2H3/p+1. The van der Waals surface area contributed by atoms with Crippen molar-refractivity contribution in [3.63, 3.8) is 0 Å². The van der Waals surface area contributed by atoms with E-state index in [9.17, 15) is 0 Å². The molecule has 0 aliphatic rings. The largest absolute Gasteiger partial charge is 0.342 e. The molecule has 0 spiro atoms. The van der Waals surface area contributed by atoms with Gasteiger partial charge in [-0.05, 0) is 12.8 Å². The monoisotopic (exact) mass is 197 g/mol. The van der Waals surface area contributed by atoms with Crippen LogP contribution in [-0.4, -0.2) is 11.6 Å². The lowest BCUT2D eigenvalue weighted by Crippen LogP contribution is -2.37. The van der Waals surface area contributed by atoms with Crippen LogP contribution in [0.25, 0.3) is 0 Å². The molecule has 1 N–H and O–H groups in total. The third-order valence-electron chi connectivity index (χ3n) is 2.20. The van der Waals surface area contributed by atoms with Gasteiger partial charge in [0.15, 0.2) is 6.73 Å². The second-order valence-corrected chi connectivity index (χ2v) is 3.52. The first-order valence-corrected chi connectivity index (χ1v) is 5.52. The highest BCUT2D eigenvalue weighted by Crippen LogP contribution is 1.96. The molecule has 14 heavy (non-hydrogen) atoms. The number of imidazole rings is 1. The smallest absolute Gasteiger partial charge is 0.256 e. The highest BCUT2D eigenvalue weighted by Gasteiger charge is 2.08. The molecule has 3 heteroatoms. The Labute approximate surface area is 86.1 Å². The lowest BCUT2D eigenvalue weighted by atomic mass is 10.2. The molecule has 0 atom stereocenters. The molecule has 0 aliphatic carbocycles. The molecule has 1 aromatic rings. The van der Waals surface area contributed by atoms with Crippen molar-refractivity contribution in [2.24, 2.45) is 0 Å². The summed E-state index contributed by atoms with van der Waals surface area (Å²) in [5.74, 6) is 1.27. The lowest BCUT2D eigenvalue weighted by Gasteiger charge is -2.01. The molecule has 0 fully saturated rings. The summed E-state index contributed by atoms with van der Waals surface area (Å²) in [7, 11) is 0. The second kappa shape index (κ2) is 6.60. The van der Waals surface area contributed by atoms with Crippen LogP contribution in [0.2, 0.25) is 0 Å². The normalized spacial score (nSPS) is 10.7. The summed E-state index contributed by atoms with van der Waals surface area (Å²) in [4.78, 5) is 3.25. The van der Waals surface area contributed by atoms with Gasteiger partial charge in [-0.3, -0.25) is 0 Å². The Balaban J connectivity index is 2.37. The van der Waals surface area contributed by atoms with E-state index in [2.05, 4.69) is 23.4 Å². The number of H-pyrrole nitrogens is 1. The zero-order valence-corrected chi connectivity index (χ0v) is 9.25. The van der Waals surface area contributed by atoms with Crippen molar-refractivity contribution in [2.75, 3.05) is 6.61 Å². The van der Waals surface area contributed by atoms with Crippen molar-refractivity contribution in [3.05, 3.63) is 18.2 Å². The van der Waals surface area contributed by atoms with Crippen molar-refractivity contribution < 1.29 is 9.30 Å². The minimum Gasteiger partial charge on any atom is -0.342 e. The number of unbranched alkanes of at least 4 members (excludes halogenated alkanes) is 1. The van der Waals surface area contributed by atoms with Gasteiger partial charge in [0.05, 0.1) is 6.61 Å². The maximum absolute atomic E-state index is 5.49. The zero-order valence-electron chi connectivity index (χ0n) is 9.25. The molecule has 3 nitrogen and oxygen atoms in total. The third-order valence-corrected chi connectivity index (χ3v) is 2.20. The van der Waals surface area contributed by atoms with E-state index in [1.807, 2.05) is 12.4 Å². The van der Waals surface area contributed by atoms with Gasteiger partial charge in [-0.1, -0.05) is 20.3 Å². The van der Waals surface area contributed by atoms with E-state index in [-0.39, 0.29) is 0 Å². The molecule has 0 aliphatic heterocycles. The van der Waals surface area contributed by atoms with Gasteiger partial charge in [0.25, 0.3) is 5.82 Å². The summed E-state index contributed by atoms with van der Waals surface area (Å²) in [5, 5.41) is 0. The number of rotatable bonds is 7. The van der Waals surface area contributed by atoms with Gasteiger partial charge in [-0.25, -0.2) is 9.55 Å². The fourth-order valence-electron chi connectivity index (χ4n) is 1.38. The number of nitrogens with zero attached hydrogens (tertiary/aromatic N) is 1. The summed E-state index contributed by atoms with van der Waals surface area (Å²) < 4.78 is 7.63. The van der Waals surface area contributed by atoms with E-state index < -0.39 is 0 Å². The molecule has 0 bridgehead atoms. The molecule has 0 saturated carbocycles. The Morgan fingerprint density at radius 2 is 2.21 bits per heavy atom. The Bertz CT molecular complexity index is 245. The van der Waals surface area contributed by atoms with Crippen LogP contribution < -0.4 is 4.57 Å². The predicted molar refractivity (Wildman–Crippen MR) is 55.8 cm³/mol. The summed E-state index contributed by atoms with van der Waals surface area (Å²) in [6.45, 7) is 5.85. The van der Waals surface area contributed by atoms with Gasteiger partial charge in [0, 0.05) is 6.42 Å². The number of ether oxygens (including phenoxy) is 1. The molecule has 0 unspecified atom stereocenters. The Kier molecular flexibility index (Phi) is 5.30. The zero-order chi connectivity index (χ0) is 10.2. The van der Waals surface area contributed by atoms with Crippen LogP contribution in [0.15, 0.2) is 12.4 Å². The first-order chi connectivity index (χ1) is 6.88. The van der Waals surface area contributed by atoms with Crippen LogP contribution in [0.4, 0.5) is 0 Å². The lowest BCUT2D eigenvalue weighted by molar-refractivity contribution is -0.738. The van der Waals surface area contributed by atoms with Crippen LogP contribution in [0.5, 0.6) is 0 Å². The highest BCUT2D eigenvalue weighted by atomic mass is 16.5. The van der Waals surface area contributed by atoms with Crippen LogP contribution >= 0.6 is 0 Å². The van der Waals surface area contributed by atoms with Crippen LogP contribution in [0.1, 0.15) is 38.9 Å². The van der Waals surface area contributed by atoms with Crippen molar-refractivity contribution >= 4 is 0 Å². The highest BCUT2D eigenvalue weighted by molar-refractivity contribution is 4.76. The van der Waals surface area contributed by atoms with Gasteiger partial charge in [0.1, 0.15) is 12.4 Å². The number of aryl methyl sites for hydroxylation is 1. The average Bonchev–Trinajstić information content (AvgIpc) is 2.63. The minimum absolute atomic E-state index is 0.677. The molecule has 1 rings (SSSR count). The van der Waals surface area contributed by atoms with Gasteiger partial charge in [0.2, 0.25) is 0 Å². The summed E-state index contributed by atoms with van der Waals surface area (Å²) in [5.41, 5.74) is 0. The van der Waals surface area contributed by atoms with Gasteiger partial charge >= 0.3 is 0 Å². The first-order valence-electron chi connectivity index (χ1n) is 5.52. The first kappa shape index (κ1) is 11.2. The Morgan fingerprint density at radius 1 is 1.36 bits per heavy atom. The number of hydrogen-bond acceptors (Lipinski definition) is 1. The molecule has 1 heterocycles. The topological polar surface area (TPSA) is 28.9 Å². The van der Waals surface area contributed by atoms with Crippen molar-refractivity contribution in [2.45, 2.75) is 46.3 Å². The van der Waals surface area contributed by atoms with Gasteiger partial charge < -0.3 is 4.74 Å². The van der Waals surface area contributed by atoms with E-state index in [0.717, 1.165) is 19.4 Å². The van der Waals surface area contributed by atoms with E-state index in [0.29, 0.717) is 6.73 Å². The van der Waals surface area contributed by atoms with E-state index in [1.54, 1.807) is 0 Å². The van der Waals surface area contributed by atoms with Gasteiger partial charge in [-0.2, -0.15) is 0 Å². The number of aromatic nitrogens is 2. The number of nitrogens with one attached hydrogen (secondary N) is 1. The number of aromatic amines is 1. The molecular weight excluding hydrogens is 176 g/mol. The number of hydrogen-bond donors (Lipinski definition) is 1. The van der Waals surface area contributed by atoms with E-state index in [4.69, 9.17) is 4.74 Å². The molecule has 0 saturated heterocycles. The van der Waals surface area contributed by atoms with Gasteiger partial charge in [-0.15, -0.1) is 0 Å². The SMILES string of the molecule is CCCCc1[nH]cc[n+]1COCCC. The quantitative estimate of drug-likeness (QED) is 0.526. The summed E-state index contributed by atoms with van der Waals surface area (Å²) in [6.07, 6.45) is 8.67. The minimum atomic E-state index is 0.677. The van der Waals surface area contributed by atoms with Crippen molar-refractivity contribution in [3.8, 4) is 0 Å². The second-order valence-electron chi connectivity index (χ2n) is 3.52. The maximum Gasteiger partial charge on any atom is 0.256 e. The van der Waals surface area contributed by atoms with Crippen molar-refractivity contribution in [1.82, 2.24) is 4.98 Å². The molecule has 80 valence electrons. The van der Waals surface area contributed by atoms with Crippen molar-refractivity contribution in [1.29, 1.82) is 0 Å². The molecule has 0 radical (unpaired) electrons. The fraction of sp³-hybridized carbons (Fsp3) is 0.727. The van der Waals surface area contributed by atoms with E-state index in [1.165, 1.54) is 18.7 Å². The van der Waals surface area contributed by atoms with Crippen LogP contribution in [0, 0.1) is 0 Å². The molecule has 1 aromatic heterocycles. The van der Waals surface area contributed by atoms with Crippen LogP contribution in [0.3, 0.4) is 0 Å². The molecule has 0 aromatic carbocycles.